The topological polar surface area (TPSA) is 105 Å². The number of carbonyl (C=O) groups excluding carboxylic acids is 1. The number of phenols is 1. The molecule has 0 aliphatic carbocycles. The van der Waals surface area contributed by atoms with Crippen molar-refractivity contribution in [1.82, 2.24) is 25.2 Å². The first-order chi connectivity index (χ1) is 12.7. The highest BCUT2D eigenvalue weighted by atomic mass is 16.3. The molecule has 0 unspecified atom stereocenters. The number of carbonyl (C=O) groups is 1. The van der Waals surface area contributed by atoms with Gasteiger partial charge in [0, 0.05) is 0 Å². The molecule has 4 rings (SSSR count). The van der Waals surface area contributed by atoms with Crippen molar-refractivity contribution in [2.45, 2.75) is 0 Å². The molecule has 0 spiro atoms. The molecule has 0 bridgehead atoms. The number of phenolic OH excluding ortho intramolecular Hbond substituents is 1. The van der Waals surface area contributed by atoms with Gasteiger partial charge in [-0.1, -0.05) is 30.3 Å². The molecule has 0 saturated heterocycles. The van der Waals surface area contributed by atoms with Gasteiger partial charge in [-0.2, -0.15) is 5.10 Å². The highest BCUT2D eigenvalue weighted by molar-refractivity contribution is 5.98. The van der Waals surface area contributed by atoms with Crippen molar-refractivity contribution >= 4 is 22.8 Å². The Kier molecular flexibility index (Phi) is 3.91. The molecule has 0 aliphatic rings. The molecule has 0 fully saturated rings. The number of amides is 1. The van der Waals surface area contributed by atoms with Gasteiger partial charge in [-0.05, 0) is 24.3 Å². The standard InChI is InChI=1S/C18H14N6O2/c25-15-9-5-4-8-13(15)18(26)23-22-16-14-10-21-24(17(14)20-11-19-16)12-6-2-1-3-7-12/h1-11,25H,(H,23,26)(H,19,20,22). The summed E-state index contributed by atoms with van der Waals surface area (Å²) in [6, 6.07) is 15.9. The van der Waals surface area contributed by atoms with E-state index in [1.54, 1.807) is 23.0 Å². The molecule has 0 saturated carbocycles. The zero-order valence-corrected chi connectivity index (χ0v) is 13.5. The number of rotatable bonds is 4. The largest absolute Gasteiger partial charge is 0.507 e. The van der Waals surface area contributed by atoms with Crippen molar-refractivity contribution in [3.8, 4) is 11.4 Å². The SMILES string of the molecule is O=C(NNc1ncnc2c1cnn2-c1ccccc1)c1ccccc1O. The van der Waals surface area contributed by atoms with Crippen LogP contribution in [0.25, 0.3) is 16.7 Å². The van der Waals surface area contributed by atoms with Crippen molar-refractivity contribution in [2.75, 3.05) is 5.43 Å². The van der Waals surface area contributed by atoms with E-state index in [2.05, 4.69) is 25.9 Å². The Labute approximate surface area is 148 Å². The summed E-state index contributed by atoms with van der Waals surface area (Å²) in [7, 11) is 0. The van der Waals surface area contributed by atoms with Crippen LogP contribution in [0.1, 0.15) is 10.4 Å². The number of anilines is 1. The first-order valence-electron chi connectivity index (χ1n) is 7.82. The van der Waals surface area contributed by atoms with Crippen LogP contribution in [0.5, 0.6) is 5.75 Å². The molecule has 26 heavy (non-hydrogen) atoms. The molecule has 8 nitrogen and oxygen atoms in total. The molecule has 0 atom stereocenters. The fourth-order valence-electron chi connectivity index (χ4n) is 2.55. The summed E-state index contributed by atoms with van der Waals surface area (Å²) in [5.41, 5.74) is 6.91. The smallest absolute Gasteiger partial charge is 0.273 e. The summed E-state index contributed by atoms with van der Waals surface area (Å²) in [6.07, 6.45) is 3.01. The lowest BCUT2D eigenvalue weighted by atomic mass is 10.2. The predicted octanol–water partition coefficient (Wildman–Crippen LogP) is 2.28. The van der Waals surface area contributed by atoms with Gasteiger partial charge in [-0.3, -0.25) is 15.6 Å². The summed E-state index contributed by atoms with van der Waals surface area (Å²) < 4.78 is 1.69. The quantitative estimate of drug-likeness (QED) is 0.490. The minimum atomic E-state index is -0.481. The fourth-order valence-corrected chi connectivity index (χ4v) is 2.55. The summed E-state index contributed by atoms with van der Waals surface area (Å²) in [4.78, 5) is 20.6. The highest BCUT2D eigenvalue weighted by Gasteiger charge is 2.13. The van der Waals surface area contributed by atoms with Crippen LogP contribution < -0.4 is 10.9 Å². The Balaban J connectivity index is 1.61. The summed E-state index contributed by atoms with van der Waals surface area (Å²) in [5.74, 6) is -0.178. The summed E-state index contributed by atoms with van der Waals surface area (Å²) in [5, 5.41) is 14.7. The van der Waals surface area contributed by atoms with Gasteiger partial charge in [0.15, 0.2) is 11.5 Å². The van der Waals surface area contributed by atoms with E-state index < -0.39 is 5.91 Å². The molecule has 4 aromatic rings. The van der Waals surface area contributed by atoms with Gasteiger partial charge < -0.3 is 5.11 Å². The Morgan fingerprint density at radius 1 is 1.00 bits per heavy atom. The number of hydrazine groups is 1. The predicted molar refractivity (Wildman–Crippen MR) is 95.9 cm³/mol. The Hall–Kier alpha value is -3.94. The van der Waals surface area contributed by atoms with Gasteiger partial charge >= 0.3 is 0 Å². The third-order valence-corrected chi connectivity index (χ3v) is 3.81. The second kappa shape index (κ2) is 6.52. The van der Waals surface area contributed by atoms with Crippen LogP contribution in [0.15, 0.2) is 67.1 Å². The molecule has 0 aliphatic heterocycles. The molecule has 1 amide bonds. The lowest BCUT2D eigenvalue weighted by molar-refractivity contribution is 0.0960. The molecule has 0 radical (unpaired) electrons. The molecule has 2 heterocycles. The van der Waals surface area contributed by atoms with Crippen molar-refractivity contribution in [1.29, 1.82) is 0 Å². The molecular formula is C18H14N6O2. The second-order valence-corrected chi connectivity index (χ2v) is 5.45. The fraction of sp³-hybridized carbons (Fsp3) is 0. The van der Waals surface area contributed by atoms with E-state index in [9.17, 15) is 9.90 Å². The van der Waals surface area contributed by atoms with E-state index in [4.69, 9.17) is 0 Å². The minimum Gasteiger partial charge on any atom is -0.507 e. The summed E-state index contributed by atoms with van der Waals surface area (Å²) in [6.45, 7) is 0. The van der Waals surface area contributed by atoms with E-state index in [1.807, 2.05) is 30.3 Å². The van der Waals surface area contributed by atoms with E-state index in [-0.39, 0.29) is 11.3 Å². The highest BCUT2D eigenvalue weighted by Crippen LogP contribution is 2.21. The molecule has 128 valence electrons. The number of aromatic hydroxyl groups is 1. The average Bonchev–Trinajstić information content (AvgIpc) is 3.12. The normalized spacial score (nSPS) is 10.6. The van der Waals surface area contributed by atoms with E-state index in [0.717, 1.165) is 5.69 Å². The van der Waals surface area contributed by atoms with Gasteiger partial charge in [0.05, 0.1) is 22.8 Å². The number of hydrogen-bond donors (Lipinski definition) is 3. The number of benzene rings is 2. The van der Waals surface area contributed by atoms with Gasteiger partial charge in [0.1, 0.15) is 12.1 Å². The first kappa shape index (κ1) is 15.6. The Bertz CT molecular complexity index is 1080. The maximum absolute atomic E-state index is 12.2. The van der Waals surface area contributed by atoms with Gasteiger partial charge in [-0.15, -0.1) is 0 Å². The molecule has 3 N–H and O–H groups in total. The minimum absolute atomic E-state index is 0.100. The number of para-hydroxylation sites is 2. The van der Waals surface area contributed by atoms with Gasteiger partial charge in [-0.25, -0.2) is 14.6 Å². The monoisotopic (exact) mass is 346 g/mol. The van der Waals surface area contributed by atoms with Crippen molar-refractivity contribution in [2.24, 2.45) is 0 Å². The van der Waals surface area contributed by atoms with Crippen LogP contribution >= 0.6 is 0 Å². The van der Waals surface area contributed by atoms with Crippen LogP contribution in [0.3, 0.4) is 0 Å². The average molecular weight is 346 g/mol. The van der Waals surface area contributed by atoms with Crippen LogP contribution in [-0.4, -0.2) is 30.8 Å². The zero-order valence-electron chi connectivity index (χ0n) is 13.5. The second-order valence-electron chi connectivity index (χ2n) is 5.45. The Morgan fingerprint density at radius 2 is 1.77 bits per heavy atom. The van der Waals surface area contributed by atoms with Gasteiger partial charge in [0.2, 0.25) is 0 Å². The van der Waals surface area contributed by atoms with Crippen molar-refractivity contribution in [3.05, 3.63) is 72.7 Å². The van der Waals surface area contributed by atoms with E-state index >= 15 is 0 Å². The molecule has 2 aromatic heterocycles. The maximum atomic E-state index is 12.2. The number of fused-ring (bicyclic) bond motifs is 1. The van der Waals surface area contributed by atoms with Crippen LogP contribution in [0, 0.1) is 0 Å². The molecule has 8 heteroatoms. The molecule has 2 aromatic carbocycles. The lowest BCUT2D eigenvalue weighted by Crippen LogP contribution is -2.30. The summed E-state index contributed by atoms with van der Waals surface area (Å²) >= 11 is 0. The molecular weight excluding hydrogens is 332 g/mol. The van der Waals surface area contributed by atoms with Crippen LogP contribution in [0.2, 0.25) is 0 Å². The zero-order chi connectivity index (χ0) is 17.9. The number of nitrogens with zero attached hydrogens (tertiary/aromatic N) is 4. The first-order valence-corrected chi connectivity index (χ1v) is 7.82. The van der Waals surface area contributed by atoms with Crippen LogP contribution in [0.4, 0.5) is 5.82 Å². The van der Waals surface area contributed by atoms with Crippen LogP contribution in [-0.2, 0) is 0 Å². The maximum Gasteiger partial charge on any atom is 0.273 e. The van der Waals surface area contributed by atoms with Gasteiger partial charge in [0.25, 0.3) is 5.91 Å². The van der Waals surface area contributed by atoms with E-state index in [0.29, 0.717) is 16.9 Å². The number of hydrogen-bond acceptors (Lipinski definition) is 6. The number of nitrogens with one attached hydrogen (secondary N) is 2. The van der Waals surface area contributed by atoms with Crippen molar-refractivity contribution in [3.63, 3.8) is 0 Å². The Morgan fingerprint density at radius 3 is 2.58 bits per heavy atom. The van der Waals surface area contributed by atoms with Crippen molar-refractivity contribution < 1.29 is 9.90 Å². The third kappa shape index (κ3) is 2.80. The van der Waals surface area contributed by atoms with E-state index in [1.165, 1.54) is 18.5 Å². The number of aromatic nitrogens is 4. The lowest BCUT2D eigenvalue weighted by Gasteiger charge is -2.09. The third-order valence-electron chi connectivity index (χ3n) is 3.81.